The van der Waals surface area contributed by atoms with Gasteiger partial charge in [-0.05, 0) is 0 Å². The van der Waals surface area contributed by atoms with Gasteiger partial charge in [0.1, 0.15) is 0 Å². The zero-order valence-electron chi connectivity index (χ0n) is 6.57. The molecule has 0 aromatic heterocycles. The molecule has 0 unspecified atom stereocenters. The molecule has 13 heavy (non-hydrogen) atoms. The number of hydrogen-bond donors (Lipinski definition) is 1. The number of hydrogen-bond acceptors (Lipinski definition) is 3. The van der Waals surface area contributed by atoms with Crippen molar-refractivity contribution in [2.45, 2.75) is 0 Å². The van der Waals surface area contributed by atoms with E-state index in [0.29, 0.717) is 0 Å². The predicted molar refractivity (Wildman–Crippen MR) is 24.8 cm³/mol. The van der Waals surface area contributed by atoms with E-state index < -0.39 is 7.82 Å². The average Bonchev–Trinajstić information content (AvgIpc) is 0.722. The SMILES string of the molecule is F.F.F.F.F.F.O=P([O-])([O-])O.[Li+].[Li+]. The second kappa shape index (κ2) is 38.4. The molecule has 80 valence electrons. The zero-order chi connectivity index (χ0) is 4.50. The van der Waals surface area contributed by atoms with Crippen LogP contribution in [0.5, 0.6) is 0 Å². The van der Waals surface area contributed by atoms with Crippen molar-refractivity contribution >= 4 is 7.82 Å². The fourth-order valence-electron chi connectivity index (χ4n) is 0. The molecule has 0 aliphatic heterocycles. The minimum absolute atomic E-state index is 0. The van der Waals surface area contributed by atoms with Crippen LogP contribution in [0.4, 0.5) is 28.2 Å². The second-order valence-corrected chi connectivity index (χ2v) is 1.41. The molecule has 0 radical (unpaired) electrons. The summed E-state index contributed by atoms with van der Waals surface area (Å²) in [5, 5.41) is 0. The van der Waals surface area contributed by atoms with E-state index in [0.717, 1.165) is 0 Å². The first-order valence-corrected chi connectivity index (χ1v) is 2.24. The van der Waals surface area contributed by atoms with Crippen molar-refractivity contribution in [3.63, 3.8) is 0 Å². The summed E-state index contributed by atoms with van der Waals surface area (Å²) < 4.78 is 8.66. The standard InChI is InChI=1S/6FH.2Li.H3O4P/c;;;;;;;;1-5(2,3)4/h6*1H;;;(H3,1,2,3,4)/q;;;;;;2*+1;/p-2. The van der Waals surface area contributed by atoms with Gasteiger partial charge in [0.05, 0.1) is 7.82 Å². The van der Waals surface area contributed by atoms with E-state index in [1.807, 2.05) is 0 Å². The molecule has 13 heteroatoms. The fraction of sp³-hybridized carbons (Fsp3) is 0. The summed E-state index contributed by atoms with van der Waals surface area (Å²) in [4.78, 5) is 24.3. The van der Waals surface area contributed by atoms with Crippen molar-refractivity contribution < 1.29 is 85.2 Å². The molecule has 0 amide bonds. The van der Waals surface area contributed by atoms with E-state index in [9.17, 15) is 0 Å². The summed E-state index contributed by atoms with van der Waals surface area (Å²) in [7, 11) is -5.14. The molecule has 0 atom stereocenters. The molecule has 0 saturated carbocycles. The van der Waals surface area contributed by atoms with Crippen molar-refractivity contribution in [3.05, 3.63) is 0 Å². The Hall–Kier alpha value is 0.885. The smallest absolute Gasteiger partial charge is 0.790 e. The molecule has 0 bridgehead atoms. The molecular formula is H7F6Li2O4P. The molecule has 0 aromatic rings. The monoisotopic (exact) mass is 230 g/mol. The maximum absolute atomic E-state index is 8.66. The number of phosphoric acid groups is 1. The van der Waals surface area contributed by atoms with Crippen LogP contribution in [0, 0.1) is 0 Å². The van der Waals surface area contributed by atoms with Gasteiger partial charge in [0.15, 0.2) is 0 Å². The molecule has 0 aliphatic rings. The number of rotatable bonds is 0. The Labute approximate surface area is 93.3 Å². The average molecular weight is 230 g/mol. The van der Waals surface area contributed by atoms with Crippen LogP contribution in [0.25, 0.3) is 0 Å². The first-order valence-electron chi connectivity index (χ1n) is 0.748. The summed E-state index contributed by atoms with van der Waals surface area (Å²) in [6.45, 7) is 0. The molecule has 4 nitrogen and oxygen atoms in total. The first-order chi connectivity index (χ1) is 2.00. The molecule has 0 aromatic carbocycles. The minimum Gasteiger partial charge on any atom is -0.790 e. The van der Waals surface area contributed by atoms with E-state index in [4.69, 9.17) is 19.2 Å². The Kier molecular flexibility index (Phi) is 285. The Morgan fingerprint density at radius 3 is 0.769 bits per heavy atom. The molecular weight excluding hydrogens is 223 g/mol. The molecule has 0 fully saturated rings. The van der Waals surface area contributed by atoms with Crippen molar-refractivity contribution in [1.82, 2.24) is 0 Å². The van der Waals surface area contributed by atoms with E-state index in [2.05, 4.69) is 0 Å². The Bertz CT molecular complexity index is 68.8. The maximum Gasteiger partial charge on any atom is 1.00 e. The van der Waals surface area contributed by atoms with E-state index in [1.165, 1.54) is 0 Å². The van der Waals surface area contributed by atoms with Gasteiger partial charge in [0, 0.05) is 0 Å². The quantitative estimate of drug-likeness (QED) is 0.254. The van der Waals surface area contributed by atoms with Crippen LogP contribution < -0.4 is 47.5 Å². The zero-order valence-corrected chi connectivity index (χ0v) is 7.46. The molecule has 1 N–H and O–H groups in total. The van der Waals surface area contributed by atoms with Gasteiger partial charge in [0.25, 0.3) is 0 Å². The van der Waals surface area contributed by atoms with Gasteiger partial charge in [-0.1, -0.05) is 0 Å². The molecule has 0 heterocycles. The Balaban J connectivity index is -0.00000000286. The van der Waals surface area contributed by atoms with Gasteiger partial charge in [-0.25, -0.2) is 0 Å². The Morgan fingerprint density at radius 1 is 0.769 bits per heavy atom. The van der Waals surface area contributed by atoms with Crippen LogP contribution in [-0.4, -0.2) is 4.89 Å². The molecule has 0 spiro atoms. The van der Waals surface area contributed by atoms with Crippen molar-refractivity contribution in [2.75, 3.05) is 0 Å². The van der Waals surface area contributed by atoms with E-state index in [-0.39, 0.29) is 65.9 Å². The van der Waals surface area contributed by atoms with Crippen LogP contribution in [0.15, 0.2) is 0 Å². The van der Waals surface area contributed by atoms with Crippen LogP contribution in [0.2, 0.25) is 0 Å². The van der Waals surface area contributed by atoms with Gasteiger partial charge >= 0.3 is 37.7 Å². The first kappa shape index (κ1) is 96.6. The summed E-state index contributed by atoms with van der Waals surface area (Å²) in [5.41, 5.74) is 0. The molecule has 0 rings (SSSR count). The number of halogens is 6. The maximum atomic E-state index is 8.66. The van der Waals surface area contributed by atoms with Gasteiger partial charge in [-0.15, -0.1) is 0 Å². The van der Waals surface area contributed by atoms with Crippen LogP contribution in [-0.2, 0) is 4.57 Å². The van der Waals surface area contributed by atoms with Crippen LogP contribution in [0.3, 0.4) is 0 Å². The predicted octanol–water partition coefficient (Wildman–Crippen LogP) is -7.27. The van der Waals surface area contributed by atoms with E-state index in [1.54, 1.807) is 0 Å². The largest absolute Gasteiger partial charge is 1.00 e. The minimum atomic E-state index is -5.14. The fourth-order valence-corrected chi connectivity index (χ4v) is 0. The van der Waals surface area contributed by atoms with Gasteiger partial charge in [-0.2, -0.15) is 0 Å². The van der Waals surface area contributed by atoms with Crippen molar-refractivity contribution in [3.8, 4) is 0 Å². The molecule has 0 aliphatic carbocycles. The van der Waals surface area contributed by atoms with Crippen LogP contribution in [0.1, 0.15) is 0 Å². The molecule has 0 saturated heterocycles. The third-order valence-corrected chi connectivity index (χ3v) is 0. The van der Waals surface area contributed by atoms with Crippen molar-refractivity contribution in [1.29, 1.82) is 0 Å². The van der Waals surface area contributed by atoms with Crippen molar-refractivity contribution in [2.24, 2.45) is 0 Å². The van der Waals surface area contributed by atoms with E-state index >= 15 is 0 Å². The summed E-state index contributed by atoms with van der Waals surface area (Å²) in [6, 6.07) is 0. The summed E-state index contributed by atoms with van der Waals surface area (Å²) >= 11 is 0. The van der Waals surface area contributed by atoms with Gasteiger partial charge in [-0.3, -0.25) is 28.2 Å². The second-order valence-electron chi connectivity index (χ2n) is 0.469. The topological polar surface area (TPSA) is 83.4 Å². The summed E-state index contributed by atoms with van der Waals surface area (Å²) in [5.74, 6) is 0. The Morgan fingerprint density at radius 2 is 0.769 bits per heavy atom. The third kappa shape index (κ3) is 1950. The van der Waals surface area contributed by atoms with Gasteiger partial charge in [0.2, 0.25) is 0 Å². The third-order valence-electron chi connectivity index (χ3n) is 0. The van der Waals surface area contributed by atoms with Crippen LogP contribution >= 0.6 is 7.82 Å². The summed E-state index contributed by atoms with van der Waals surface area (Å²) in [6.07, 6.45) is 0. The van der Waals surface area contributed by atoms with Gasteiger partial charge < -0.3 is 19.2 Å². The normalized spacial score (nSPS) is 4.54.